The minimum atomic E-state index is -0.0318. The lowest BCUT2D eigenvalue weighted by Gasteiger charge is -2.32. The largest absolute Gasteiger partial charge is 0.455 e. The van der Waals surface area contributed by atoms with Crippen molar-refractivity contribution in [2.45, 2.75) is 19.4 Å². The van der Waals surface area contributed by atoms with Gasteiger partial charge in [-0.05, 0) is 61.3 Å². The number of carbonyl (C=O) groups excluding carboxylic acids is 1. The van der Waals surface area contributed by atoms with E-state index in [0.29, 0.717) is 11.4 Å². The standard InChI is InChI=1S/C25H25BrN2O2/c26-21-10-6-8-19(16-21)17-28-15-7-9-20(18-28)25(29)27-23-13-4-5-14-24(23)30-22-11-2-1-3-12-22/h1-6,8,10-14,16,20H,7,9,15,17-18H2,(H,27,29). The van der Waals surface area contributed by atoms with E-state index < -0.39 is 0 Å². The molecule has 3 aromatic rings. The van der Waals surface area contributed by atoms with Gasteiger partial charge in [-0.1, -0.05) is 58.4 Å². The van der Waals surface area contributed by atoms with E-state index in [1.54, 1.807) is 0 Å². The molecule has 1 amide bonds. The third-order valence-corrected chi connectivity index (χ3v) is 5.78. The van der Waals surface area contributed by atoms with Crippen molar-refractivity contribution >= 4 is 27.5 Å². The average Bonchev–Trinajstić information content (AvgIpc) is 2.76. The molecule has 5 heteroatoms. The van der Waals surface area contributed by atoms with E-state index in [4.69, 9.17) is 4.74 Å². The van der Waals surface area contributed by atoms with Crippen molar-refractivity contribution in [2.75, 3.05) is 18.4 Å². The van der Waals surface area contributed by atoms with Crippen LogP contribution >= 0.6 is 15.9 Å². The number of rotatable bonds is 6. The highest BCUT2D eigenvalue weighted by Crippen LogP contribution is 2.30. The Morgan fingerprint density at radius 3 is 2.67 bits per heavy atom. The molecule has 0 aromatic heterocycles. The van der Waals surface area contributed by atoms with Crippen molar-refractivity contribution in [3.8, 4) is 11.5 Å². The van der Waals surface area contributed by atoms with Gasteiger partial charge in [0, 0.05) is 17.6 Å². The van der Waals surface area contributed by atoms with Crippen LogP contribution in [-0.4, -0.2) is 23.9 Å². The molecule has 1 aliphatic heterocycles. The summed E-state index contributed by atoms with van der Waals surface area (Å²) in [5.74, 6) is 1.42. The highest BCUT2D eigenvalue weighted by molar-refractivity contribution is 9.10. The predicted molar refractivity (Wildman–Crippen MR) is 124 cm³/mol. The summed E-state index contributed by atoms with van der Waals surface area (Å²) in [6.07, 6.45) is 1.93. The van der Waals surface area contributed by atoms with E-state index in [0.717, 1.165) is 42.7 Å². The second-order valence-electron chi connectivity index (χ2n) is 7.60. The number of anilines is 1. The fourth-order valence-corrected chi connectivity index (χ4v) is 4.26. The van der Waals surface area contributed by atoms with E-state index in [1.165, 1.54) is 5.56 Å². The zero-order valence-corrected chi connectivity index (χ0v) is 18.3. The molecule has 0 aliphatic carbocycles. The van der Waals surface area contributed by atoms with Crippen LogP contribution in [-0.2, 0) is 11.3 Å². The lowest BCUT2D eigenvalue weighted by Crippen LogP contribution is -2.40. The predicted octanol–water partition coefficient (Wildman–Crippen LogP) is 6.09. The summed E-state index contributed by atoms with van der Waals surface area (Å²) in [7, 11) is 0. The normalized spacial score (nSPS) is 16.8. The number of hydrogen-bond donors (Lipinski definition) is 1. The van der Waals surface area contributed by atoms with Crippen LogP contribution in [0.5, 0.6) is 11.5 Å². The number of piperidine rings is 1. The number of amides is 1. The molecule has 4 rings (SSSR count). The van der Waals surface area contributed by atoms with E-state index >= 15 is 0 Å². The van der Waals surface area contributed by atoms with Crippen molar-refractivity contribution in [1.82, 2.24) is 4.90 Å². The Kier molecular flexibility index (Phi) is 6.82. The summed E-state index contributed by atoms with van der Waals surface area (Å²) in [5, 5.41) is 3.10. The summed E-state index contributed by atoms with van der Waals surface area (Å²) in [6.45, 7) is 2.64. The molecule has 0 spiro atoms. The first-order chi connectivity index (χ1) is 14.7. The summed E-state index contributed by atoms with van der Waals surface area (Å²) in [4.78, 5) is 15.4. The number of halogens is 1. The molecule has 30 heavy (non-hydrogen) atoms. The van der Waals surface area contributed by atoms with E-state index in [-0.39, 0.29) is 11.8 Å². The van der Waals surface area contributed by atoms with Gasteiger partial charge in [-0.3, -0.25) is 9.69 Å². The number of hydrogen-bond acceptors (Lipinski definition) is 3. The minimum Gasteiger partial charge on any atom is -0.455 e. The van der Waals surface area contributed by atoms with Gasteiger partial charge >= 0.3 is 0 Å². The number of nitrogens with zero attached hydrogens (tertiary/aromatic N) is 1. The summed E-state index contributed by atoms with van der Waals surface area (Å²) < 4.78 is 7.06. The van der Waals surface area contributed by atoms with Crippen LogP contribution in [0.25, 0.3) is 0 Å². The number of ether oxygens (including phenoxy) is 1. The Morgan fingerprint density at radius 1 is 1.03 bits per heavy atom. The van der Waals surface area contributed by atoms with Crippen LogP contribution < -0.4 is 10.1 Å². The number of nitrogens with one attached hydrogen (secondary N) is 1. The lowest BCUT2D eigenvalue weighted by atomic mass is 9.96. The Bertz CT molecular complexity index is 993. The first kappa shape index (κ1) is 20.6. The molecule has 0 bridgehead atoms. The molecule has 0 saturated carbocycles. The fourth-order valence-electron chi connectivity index (χ4n) is 3.82. The maximum atomic E-state index is 13.0. The van der Waals surface area contributed by atoms with Crippen molar-refractivity contribution < 1.29 is 9.53 Å². The van der Waals surface area contributed by atoms with Crippen molar-refractivity contribution in [1.29, 1.82) is 0 Å². The molecule has 3 aromatic carbocycles. The molecular weight excluding hydrogens is 440 g/mol. The van der Waals surface area contributed by atoms with Gasteiger partial charge in [-0.25, -0.2) is 0 Å². The van der Waals surface area contributed by atoms with E-state index in [9.17, 15) is 4.79 Å². The minimum absolute atomic E-state index is 0.0318. The van der Waals surface area contributed by atoms with Gasteiger partial charge in [0.25, 0.3) is 0 Å². The highest BCUT2D eigenvalue weighted by Gasteiger charge is 2.26. The SMILES string of the molecule is O=C(Nc1ccccc1Oc1ccccc1)C1CCCN(Cc2cccc(Br)c2)C1. The van der Waals surface area contributed by atoms with Gasteiger partial charge in [-0.15, -0.1) is 0 Å². The highest BCUT2D eigenvalue weighted by atomic mass is 79.9. The Morgan fingerprint density at radius 2 is 1.83 bits per heavy atom. The molecule has 1 N–H and O–H groups in total. The van der Waals surface area contributed by atoms with Gasteiger partial charge in [0.1, 0.15) is 5.75 Å². The number of benzene rings is 3. The average molecular weight is 465 g/mol. The summed E-state index contributed by atoms with van der Waals surface area (Å²) in [6, 6.07) is 25.6. The molecule has 1 unspecified atom stereocenters. The molecule has 1 saturated heterocycles. The van der Waals surface area contributed by atoms with Gasteiger partial charge in [0.2, 0.25) is 5.91 Å². The first-order valence-electron chi connectivity index (χ1n) is 10.3. The molecule has 4 nitrogen and oxygen atoms in total. The summed E-state index contributed by atoms with van der Waals surface area (Å²) >= 11 is 3.54. The van der Waals surface area contributed by atoms with Crippen molar-refractivity contribution in [3.63, 3.8) is 0 Å². The molecule has 0 radical (unpaired) electrons. The Labute approximate surface area is 186 Å². The molecule has 1 fully saturated rings. The quantitative estimate of drug-likeness (QED) is 0.479. The number of likely N-dealkylation sites (tertiary alicyclic amines) is 1. The zero-order valence-electron chi connectivity index (χ0n) is 16.8. The Hall–Kier alpha value is -2.63. The molecule has 154 valence electrons. The van der Waals surface area contributed by atoms with Crippen LogP contribution in [0, 0.1) is 5.92 Å². The third-order valence-electron chi connectivity index (χ3n) is 5.29. The van der Waals surface area contributed by atoms with Crippen molar-refractivity contribution in [2.24, 2.45) is 5.92 Å². The maximum absolute atomic E-state index is 13.0. The first-order valence-corrected chi connectivity index (χ1v) is 11.1. The smallest absolute Gasteiger partial charge is 0.228 e. The van der Waals surface area contributed by atoms with Gasteiger partial charge < -0.3 is 10.1 Å². The van der Waals surface area contributed by atoms with E-state index in [2.05, 4.69) is 44.3 Å². The van der Waals surface area contributed by atoms with Crippen LogP contribution in [0.2, 0.25) is 0 Å². The van der Waals surface area contributed by atoms with Gasteiger partial charge in [0.15, 0.2) is 5.75 Å². The van der Waals surface area contributed by atoms with Crippen LogP contribution in [0.15, 0.2) is 83.3 Å². The topological polar surface area (TPSA) is 41.6 Å². The van der Waals surface area contributed by atoms with Crippen LogP contribution in [0.1, 0.15) is 18.4 Å². The number of carbonyl (C=O) groups is 1. The number of para-hydroxylation sites is 3. The second kappa shape index (κ2) is 9.92. The Balaban J connectivity index is 1.40. The van der Waals surface area contributed by atoms with Crippen molar-refractivity contribution in [3.05, 3.63) is 88.9 Å². The maximum Gasteiger partial charge on any atom is 0.228 e. The van der Waals surface area contributed by atoms with Gasteiger partial charge in [0.05, 0.1) is 11.6 Å². The van der Waals surface area contributed by atoms with Crippen LogP contribution in [0.3, 0.4) is 0 Å². The van der Waals surface area contributed by atoms with Crippen LogP contribution in [0.4, 0.5) is 5.69 Å². The molecule has 1 atom stereocenters. The van der Waals surface area contributed by atoms with Gasteiger partial charge in [-0.2, -0.15) is 0 Å². The molecule has 1 heterocycles. The zero-order chi connectivity index (χ0) is 20.8. The summed E-state index contributed by atoms with van der Waals surface area (Å²) in [5.41, 5.74) is 1.96. The fraction of sp³-hybridized carbons (Fsp3) is 0.240. The monoisotopic (exact) mass is 464 g/mol. The molecular formula is C25H25BrN2O2. The second-order valence-corrected chi connectivity index (χ2v) is 8.52. The van der Waals surface area contributed by atoms with E-state index in [1.807, 2.05) is 60.7 Å². The molecule has 1 aliphatic rings. The third kappa shape index (κ3) is 5.49. The lowest BCUT2D eigenvalue weighted by molar-refractivity contribution is -0.121.